The number of thioether (sulfide) groups is 1. The Labute approximate surface area is 79.1 Å². The standard InChI is InChI=1S/C9H18N2S/c1-7(10)9(2,3)6-5-8(11)12-4/h5-7,11H,10H2,1-4H3/p+1/b6-5+,11-8?/t7-/m1/s1. The minimum Gasteiger partial charge on any atom is -0.327 e. The first-order valence-corrected chi connectivity index (χ1v) is 5.24. The third kappa shape index (κ3) is 3.93. The molecule has 0 amide bonds. The highest BCUT2D eigenvalue weighted by Gasteiger charge is 2.19. The van der Waals surface area contributed by atoms with E-state index in [4.69, 9.17) is 11.1 Å². The Kier molecular flexibility index (Phi) is 4.57. The molecule has 0 aromatic heterocycles. The average Bonchev–Trinajstić information content (AvgIpc) is 2.00. The van der Waals surface area contributed by atoms with Crippen molar-refractivity contribution < 1.29 is 5.41 Å². The van der Waals surface area contributed by atoms with Crippen LogP contribution in [0.3, 0.4) is 0 Å². The van der Waals surface area contributed by atoms with Crippen LogP contribution in [0.1, 0.15) is 20.8 Å². The van der Waals surface area contributed by atoms with Crippen molar-refractivity contribution in [1.82, 2.24) is 0 Å². The number of hydrogen-bond acceptors (Lipinski definition) is 2. The second kappa shape index (κ2) is 4.67. The maximum absolute atomic E-state index is 5.79. The topological polar surface area (TPSA) is 51.6 Å². The Balaban J connectivity index is 4.23. The van der Waals surface area contributed by atoms with Crippen molar-refractivity contribution >= 4 is 16.8 Å². The summed E-state index contributed by atoms with van der Waals surface area (Å²) in [6, 6.07) is 0.142. The van der Waals surface area contributed by atoms with Crippen molar-refractivity contribution in [2.45, 2.75) is 26.8 Å². The summed E-state index contributed by atoms with van der Waals surface area (Å²) in [7, 11) is 0. The molecule has 0 aliphatic rings. The van der Waals surface area contributed by atoms with E-state index in [1.54, 1.807) is 11.8 Å². The van der Waals surface area contributed by atoms with E-state index in [1.165, 1.54) is 0 Å². The highest BCUT2D eigenvalue weighted by molar-refractivity contribution is 8.13. The summed E-state index contributed by atoms with van der Waals surface area (Å²) < 4.78 is 0. The summed E-state index contributed by atoms with van der Waals surface area (Å²) in [5.41, 5.74) is 5.80. The van der Waals surface area contributed by atoms with Gasteiger partial charge in [0.2, 0.25) is 5.04 Å². The first kappa shape index (κ1) is 11.7. The lowest BCUT2D eigenvalue weighted by atomic mass is 9.86. The third-order valence-corrected chi connectivity index (χ3v) is 2.69. The lowest BCUT2D eigenvalue weighted by Crippen LogP contribution is -2.37. The maximum atomic E-state index is 5.79. The molecule has 0 aromatic rings. The zero-order valence-corrected chi connectivity index (χ0v) is 9.11. The minimum absolute atomic E-state index is 0.0142. The van der Waals surface area contributed by atoms with Crippen molar-refractivity contribution in [3.05, 3.63) is 12.2 Å². The first-order chi connectivity index (χ1) is 5.40. The molecule has 4 N–H and O–H groups in total. The second-order valence-corrected chi connectivity index (χ2v) is 4.43. The molecule has 0 aliphatic carbocycles. The van der Waals surface area contributed by atoms with Crippen molar-refractivity contribution in [3.63, 3.8) is 0 Å². The van der Waals surface area contributed by atoms with Crippen LogP contribution in [0.25, 0.3) is 0 Å². The Morgan fingerprint density at radius 1 is 1.58 bits per heavy atom. The van der Waals surface area contributed by atoms with Crippen molar-refractivity contribution in [2.75, 3.05) is 6.26 Å². The minimum atomic E-state index is 0.0142. The molecule has 12 heavy (non-hydrogen) atoms. The molecule has 0 aliphatic heterocycles. The molecule has 0 unspecified atom stereocenters. The van der Waals surface area contributed by atoms with Crippen molar-refractivity contribution in [3.8, 4) is 0 Å². The van der Waals surface area contributed by atoms with Gasteiger partial charge in [0.15, 0.2) is 0 Å². The molecule has 3 heteroatoms. The van der Waals surface area contributed by atoms with Gasteiger partial charge in [0, 0.05) is 12.1 Å². The van der Waals surface area contributed by atoms with Crippen LogP contribution in [0.4, 0.5) is 0 Å². The molecule has 2 nitrogen and oxygen atoms in total. The predicted molar refractivity (Wildman–Crippen MR) is 57.0 cm³/mol. The van der Waals surface area contributed by atoms with E-state index in [-0.39, 0.29) is 11.5 Å². The van der Waals surface area contributed by atoms with Gasteiger partial charge in [-0.3, -0.25) is 0 Å². The van der Waals surface area contributed by atoms with Gasteiger partial charge >= 0.3 is 0 Å². The summed E-state index contributed by atoms with van der Waals surface area (Å²) in [6.45, 7) is 6.20. The molecular weight excluding hydrogens is 168 g/mol. The van der Waals surface area contributed by atoms with E-state index in [1.807, 2.05) is 19.3 Å². The monoisotopic (exact) mass is 187 g/mol. The largest absolute Gasteiger partial charge is 0.327 e. The lowest BCUT2D eigenvalue weighted by Gasteiger charge is -2.24. The van der Waals surface area contributed by atoms with Gasteiger partial charge in [-0.05, 0) is 18.6 Å². The number of rotatable bonds is 3. The van der Waals surface area contributed by atoms with E-state index in [9.17, 15) is 0 Å². The van der Waals surface area contributed by atoms with Crippen LogP contribution < -0.4 is 11.1 Å². The molecule has 0 rings (SSSR count). The Hall–Kier alpha value is -0.280. The van der Waals surface area contributed by atoms with Crippen molar-refractivity contribution in [1.29, 1.82) is 0 Å². The molecule has 0 spiro atoms. The molecular formula is C9H19N2S+. The van der Waals surface area contributed by atoms with Gasteiger partial charge in [0.1, 0.15) is 0 Å². The summed E-state index contributed by atoms with van der Waals surface area (Å²) in [5, 5.41) is 6.46. The molecule has 0 bridgehead atoms. The van der Waals surface area contributed by atoms with E-state index in [2.05, 4.69) is 19.9 Å². The molecule has 0 fully saturated rings. The number of nitrogens with two attached hydrogens (primary N) is 2. The first-order valence-electron chi connectivity index (χ1n) is 4.01. The highest BCUT2D eigenvalue weighted by Crippen LogP contribution is 2.20. The van der Waals surface area contributed by atoms with Crippen LogP contribution in [-0.2, 0) is 0 Å². The molecule has 0 heterocycles. The normalized spacial score (nSPS) is 15.1. The van der Waals surface area contributed by atoms with Gasteiger partial charge in [-0.25, -0.2) is 5.41 Å². The quantitative estimate of drug-likeness (QED) is 0.497. The molecule has 70 valence electrons. The smallest absolute Gasteiger partial charge is 0.230 e. The van der Waals surface area contributed by atoms with Gasteiger partial charge in [0.05, 0.1) is 0 Å². The zero-order valence-electron chi connectivity index (χ0n) is 8.29. The average molecular weight is 187 g/mol. The van der Waals surface area contributed by atoms with Crippen LogP contribution in [0.15, 0.2) is 12.2 Å². The summed E-state index contributed by atoms with van der Waals surface area (Å²) in [4.78, 5) is 0. The van der Waals surface area contributed by atoms with Crippen LogP contribution in [0.5, 0.6) is 0 Å². The van der Waals surface area contributed by atoms with Crippen LogP contribution >= 0.6 is 11.8 Å². The van der Waals surface area contributed by atoms with E-state index >= 15 is 0 Å². The van der Waals surface area contributed by atoms with Crippen LogP contribution in [-0.4, -0.2) is 17.3 Å². The van der Waals surface area contributed by atoms with Crippen LogP contribution in [0.2, 0.25) is 0 Å². The van der Waals surface area contributed by atoms with Gasteiger partial charge in [-0.15, -0.1) is 0 Å². The zero-order chi connectivity index (χ0) is 9.78. The molecule has 1 atom stereocenters. The van der Waals surface area contributed by atoms with Gasteiger partial charge in [0.25, 0.3) is 0 Å². The summed E-state index contributed by atoms with van der Waals surface area (Å²) in [6.07, 6.45) is 5.94. The SMILES string of the molecule is CSC(=[NH2+])/C=C/C(C)(C)[C@@H](C)N. The summed E-state index contributed by atoms with van der Waals surface area (Å²) >= 11 is 1.54. The maximum Gasteiger partial charge on any atom is 0.230 e. The van der Waals surface area contributed by atoms with Gasteiger partial charge in [-0.1, -0.05) is 31.7 Å². The fourth-order valence-electron chi connectivity index (χ4n) is 0.517. The van der Waals surface area contributed by atoms with Crippen LogP contribution in [0, 0.1) is 5.41 Å². The Morgan fingerprint density at radius 3 is 2.42 bits per heavy atom. The Bertz CT molecular complexity index is 183. The molecule has 0 radical (unpaired) electrons. The van der Waals surface area contributed by atoms with E-state index < -0.39 is 0 Å². The molecule has 0 saturated carbocycles. The summed E-state index contributed by atoms with van der Waals surface area (Å²) in [5.74, 6) is 0. The highest BCUT2D eigenvalue weighted by atomic mass is 32.2. The van der Waals surface area contributed by atoms with Gasteiger partial charge in [-0.2, -0.15) is 0 Å². The van der Waals surface area contributed by atoms with Gasteiger partial charge < -0.3 is 5.73 Å². The fraction of sp³-hybridized carbons (Fsp3) is 0.667. The molecule has 0 saturated heterocycles. The lowest BCUT2D eigenvalue weighted by molar-refractivity contribution is -0.107. The third-order valence-electron chi connectivity index (χ3n) is 2.09. The van der Waals surface area contributed by atoms with Crippen molar-refractivity contribution in [2.24, 2.45) is 11.1 Å². The Morgan fingerprint density at radius 2 is 2.08 bits per heavy atom. The fourth-order valence-corrected chi connectivity index (χ4v) is 0.721. The predicted octanol–water partition coefficient (Wildman–Crippen LogP) is 0.437. The van der Waals surface area contributed by atoms with E-state index in [0.29, 0.717) is 0 Å². The molecule has 0 aromatic carbocycles. The number of hydrogen-bond donors (Lipinski definition) is 2. The second-order valence-electron chi connectivity index (χ2n) is 3.55. The van der Waals surface area contributed by atoms with E-state index in [0.717, 1.165) is 5.04 Å².